The Morgan fingerprint density at radius 3 is 2.59 bits per heavy atom. The minimum atomic E-state index is -1.00. The molecule has 3 heterocycles. The van der Waals surface area contributed by atoms with Crippen LogP contribution in [0.4, 0.5) is 11.4 Å². The maximum absolute atomic E-state index is 13.1. The molecule has 1 fully saturated rings. The van der Waals surface area contributed by atoms with Crippen LogP contribution >= 0.6 is 0 Å². The van der Waals surface area contributed by atoms with Crippen LogP contribution in [-0.2, 0) is 16.0 Å². The van der Waals surface area contributed by atoms with Gasteiger partial charge in [-0.25, -0.2) is 9.97 Å². The van der Waals surface area contributed by atoms with Crippen LogP contribution in [0, 0.1) is 0 Å². The van der Waals surface area contributed by atoms with Gasteiger partial charge in [-0.15, -0.1) is 0 Å². The fraction of sp³-hybridized carbons (Fsp3) is 0.391. The average Bonchev–Trinajstić information content (AvgIpc) is 2.79. The number of rotatable bonds is 6. The SMILES string of the molecule is C[C@@]1(O)COc2cc(N3CCN(CC(N)=O)CC3)c(NC(=O)C(=CN)c3ncccn3)cc2C1. The van der Waals surface area contributed by atoms with Crippen molar-refractivity contribution >= 4 is 28.8 Å². The van der Waals surface area contributed by atoms with Gasteiger partial charge in [0.2, 0.25) is 5.91 Å². The molecular formula is C23H29N7O4. The molecule has 1 aromatic carbocycles. The number of carbonyl (C=O) groups excluding carboxylic acids is 2. The highest BCUT2D eigenvalue weighted by molar-refractivity contribution is 6.24. The number of primary amides is 1. The van der Waals surface area contributed by atoms with E-state index in [1.165, 1.54) is 18.6 Å². The molecule has 1 aromatic heterocycles. The monoisotopic (exact) mass is 467 g/mol. The van der Waals surface area contributed by atoms with Crippen molar-refractivity contribution in [2.75, 3.05) is 49.5 Å². The Hall–Kier alpha value is -3.70. The normalized spacial score (nSPS) is 20.9. The van der Waals surface area contributed by atoms with E-state index in [0.29, 0.717) is 44.0 Å². The molecule has 0 bridgehead atoms. The van der Waals surface area contributed by atoms with E-state index in [1.54, 1.807) is 13.0 Å². The Labute approximate surface area is 197 Å². The number of benzene rings is 1. The highest BCUT2D eigenvalue weighted by atomic mass is 16.5. The van der Waals surface area contributed by atoms with E-state index in [0.717, 1.165) is 11.3 Å². The second kappa shape index (κ2) is 9.65. The van der Waals surface area contributed by atoms with Gasteiger partial charge >= 0.3 is 0 Å². The lowest BCUT2D eigenvalue weighted by Crippen LogP contribution is -2.49. The molecule has 6 N–H and O–H groups in total. The molecule has 0 saturated carbocycles. The van der Waals surface area contributed by atoms with Crippen LogP contribution in [0.1, 0.15) is 18.3 Å². The van der Waals surface area contributed by atoms with Crippen LogP contribution in [0.5, 0.6) is 5.75 Å². The summed E-state index contributed by atoms with van der Waals surface area (Å²) >= 11 is 0. The molecule has 0 unspecified atom stereocenters. The van der Waals surface area contributed by atoms with Crippen LogP contribution in [0.3, 0.4) is 0 Å². The number of carbonyl (C=O) groups is 2. The molecule has 4 rings (SSSR count). The van der Waals surface area contributed by atoms with Crippen molar-refractivity contribution in [1.82, 2.24) is 14.9 Å². The van der Waals surface area contributed by atoms with Crippen molar-refractivity contribution in [1.29, 1.82) is 0 Å². The summed E-state index contributed by atoms with van der Waals surface area (Å²) in [4.78, 5) is 36.8. The number of hydrogen-bond acceptors (Lipinski definition) is 9. The summed E-state index contributed by atoms with van der Waals surface area (Å²) < 4.78 is 5.83. The zero-order valence-electron chi connectivity index (χ0n) is 19.0. The van der Waals surface area contributed by atoms with Crippen LogP contribution in [0.15, 0.2) is 36.8 Å². The van der Waals surface area contributed by atoms with Gasteiger partial charge in [0, 0.05) is 57.3 Å². The van der Waals surface area contributed by atoms with Crippen LogP contribution < -0.4 is 26.4 Å². The molecule has 2 aromatic rings. The quantitative estimate of drug-likeness (QED) is 0.419. The first-order chi connectivity index (χ1) is 16.3. The standard InChI is InChI=1S/C23H29N7O4/c1-23(33)11-15-9-17(28-22(32)16(12-24)21-26-3-2-4-27-21)18(10-19(15)34-14-23)30-7-5-29(6-8-30)13-20(25)31/h2-4,9-10,12,33H,5-8,11,13-14,24H2,1H3,(H2,25,31)(H,28,32)/t23-/m0/s1. The van der Waals surface area contributed by atoms with Gasteiger partial charge in [0.25, 0.3) is 5.91 Å². The maximum Gasteiger partial charge on any atom is 0.261 e. The second-order valence-electron chi connectivity index (χ2n) is 8.78. The summed E-state index contributed by atoms with van der Waals surface area (Å²) in [5.41, 5.74) is 12.3. The van der Waals surface area contributed by atoms with Crippen molar-refractivity contribution in [3.05, 3.63) is 48.2 Å². The van der Waals surface area contributed by atoms with E-state index in [1.807, 2.05) is 17.0 Å². The van der Waals surface area contributed by atoms with Crippen molar-refractivity contribution in [2.45, 2.75) is 18.9 Å². The summed E-state index contributed by atoms with van der Waals surface area (Å²) in [6.07, 6.45) is 4.64. The third-order valence-electron chi connectivity index (χ3n) is 5.85. The molecule has 180 valence electrons. The van der Waals surface area contributed by atoms with E-state index in [2.05, 4.69) is 20.2 Å². The van der Waals surface area contributed by atoms with Gasteiger partial charge < -0.3 is 31.5 Å². The molecule has 1 atom stereocenters. The van der Waals surface area contributed by atoms with Crippen LogP contribution in [-0.4, -0.2) is 76.7 Å². The summed E-state index contributed by atoms with van der Waals surface area (Å²) in [5, 5.41) is 13.4. The fourth-order valence-electron chi connectivity index (χ4n) is 4.19. The summed E-state index contributed by atoms with van der Waals surface area (Å²) in [7, 11) is 0. The van der Waals surface area contributed by atoms with Gasteiger partial charge in [-0.05, 0) is 24.6 Å². The van der Waals surface area contributed by atoms with E-state index < -0.39 is 11.5 Å². The lowest BCUT2D eigenvalue weighted by atomic mass is 9.93. The van der Waals surface area contributed by atoms with E-state index >= 15 is 0 Å². The van der Waals surface area contributed by atoms with Crippen LogP contribution in [0.2, 0.25) is 0 Å². The first-order valence-corrected chi connectivity index (χ1v) is 11.0. The molecule has 11 heteroatoms. The smallest absolute Gasteiger partial charge is 0.261 e. The number of aliphatic hydroxyl groups is 1. The predicted octanol–water partition coefficient (Wildman–Crippen LogP) is -0.292. The van der Waals surface area contributed by atoms with Crippen molar-refractivity contribution in [3.8, 4) is 5.75 Å². The highest BCUT2D eigenvalue weighted by Gasteiger charge is 2.31. The molecule has 2 aliphatic rings. The molecule has 2 aliphatic heterocycles. The molecule has 2 amide bonds. The Morgan fingerprint density at radius 1 is 1.24 bits per heavy atom. The molecule has 1 saturated heterocycles. The number of hydrogen-bond donors (Lipinski definition) is 4. The Morgan fingerprint density at radius 2 is 1.94 bits per heavy atom. The molecule has 0 radical (unpaired) electrons. The number of piperazine rings is 1. The first-order valence-electron chi connectivity index (χ1n) is 11.0. The molecule has 11 nitrogen and oxygen atoms in total. The third-order valence-corrected chi connectivity index (χ3v) is 5.85. The van der Waals surface area contributed by atoms with Gasteiger partial charge in [0.1, 0.15) is 12.4 Å². The number of anilines is 2. The number of fused-ring (bicyclic) bond motifs is 1. The topological polar surface area (TPSA) is 160 Å². The van der Waals surface area contributed by atoms with Crippen molar-refractivity contribution < 1.29 is 19.4 Å². The lowest BCUT2D eigenvalue weighted by molar-refractivity contribution is -0.119. The highest BCUT2D eigenvalue weighted by Crippen LogP contribution is 2.39. The van der Waals surface area contributed by atoms with Gasteiger partial charge in [-0.2, -0.15) is 0 Å². The zero-order chi connectivity index (χ0) is 24.3. The number of nitrogens with two attached hydrogens (primary N) is 2. The molecule has 34 heavy (non-hydrogen) atoms. The van der Waals surface area contributed by atoms with E-state index in [-0.39, 0.29) is 30.5 Å². The van der Waals surface area contributed by atoms with Crippen molar-refractivity contribution in [3.63, 3.8) is 0 Å². The minimum Gasteiger partial charge on any atom is -0.490 e. The first kappa shape index (κ1) is 23.5. The Bertz CT molecular complexity index is 1100. The van der Waals surface area contributed by atoms with E-state index in [4.69, 9.17) is 16.2 Å². The van der Waals surface area contributed by atoms with Gasteiger partial charge in [-0.1, -0.05) is 0 Å². The average molecular weight is 468 g/mol. The van der Waals surface area contributed by atoms with Crippen molar-refractivity contribution in [2.24, 2.45) is 11.5 Å². The number of aromatic nitrogens is 2. The number of amides is 2. The minimum absolute atomic E-state index is 0.138. The second-order valence-corrected chi connectivity index (χ2v) is 8.78. The van der Waals surface area contributed by atoms with Gasteiger partial charge in [0.05, 0.1) is 29.1 Å². The maximum atomic E-state index is 13.1. The fourth-order valence-corrected chi connectivity index (χ4v) is 4.19. The molecule has 0 aliphatic carbocycles. The number of nitrogens with one attached hydrogen (secondary N) is 1. The largest absolute Gasteiger partial charge is 0.490 e. The van der Waals surface area contributed by atoms with Crippen LogP contribution in [0.25, 0.3) is 5.57 Å². The van der Waals surface area contributed by atoms with E-state index in [9.17, 15) is 14.7 Å². The molecule has 0 spiro atoms. The number of ether oxygens (including phenoxy) is 1. The van der Waals surface area contributed by atoms with Gasteiger partial charge in [-0.3, -0.25) is 14.5 Å². The predicted molar refractivity (Wildman–Crippen MR) is 127 cm³/mol. The molecular weight excluding hydrogens is 438 g/mol. The Balaban J connectivity index is 1.63. The number of nitrogens with zero attached hydrogens (tertiary/aromatic N) is 4. The van der Waals surface area contributed by atoms with Gasteiger partial charge in [0.15, 0.2) is 5.82 Å². The third kappa shape index (κ3) is 5.26. The summed E-state index contributed by atoms with van der Waals surface area (Å²) in [6.45, 7) is 4.66. The summed E-state index contributed by atoms with van der Waals surface area (Å²) in [6, 6.07) is 5.36. The lowest BCUT2D eigenvalue weighted by Gasteiger charge is -2.37. The summed E-state index contributed by atoms with van der Waals surface area (Å²) in [5.74, 6) is 0.0686. The zero-order valence-corrected chi connectivity index (χ0v) is 19.0. The Kier molecular flexibility index (Phi) is 6.66.